The minimum atomic E-state index is -0.199. The van der Waals surface area contributed by atoms with Crippen LogP contribution in [-0.4, -0.2) is 18.0 Å². The van der Waals surface area contributed by atoms with Crippen LogP contribution in [0.15, 0.2) is 60.7 Å². The number of para-hydroxylation sites is 1. The first kappa shape index (κ1) is 21.5. The van der Waals surface area contributed by atoms with E-state index >= 15 is 0 Å². The minimum Gasteiger partial charge on any atom is -0.457 e. The molecule has 0 aliphatic heterocycles. The van der Waals surface area contributed by atoms with Crippen LogP contribution in [0.2, 0.25) is 0 Å². The average Bonchev–Trinajstić information content (AvgIpc) is 2.74. The van der Waals surface area contributed by atoms with Crippen LogP contribution in [0.5, 0.6) is 11.5 Å². The molecule has 0 saturated carbocycles. The summed E-state index contributed by atoms with van der Waals surface area (Å²) in [6.07, 6.45) is -0.116. The molecule has 1 heterocycles. The van der Waals surface area contributed by atoms with Crippen molar-refractivity contribution in [2.24, 2.45) is 0 Å². The van der Waals surface area contributed by atoms with E-state index in [0.717, 1.165) is 22.8 Å². The Labute approximate surface area is 178 Å². The van der Waals surface area contributed by atoms with Gasteiger partial charge in [-0.3, -0.25) is 9.78 Å². The number of nitrogens with one attached hydrogen (secondary N) is 1. The number of amides is 1. The Balaban J connectivity index is 1.70. The van der Waals surface area contributed by atoms with Crippen LogP contribution >= 0.6 is 0 Å². The second-order valence-electron chi connectivity index (χ2n) is 7.52. The van der Waals surface area contributed by atoms with Gasteiger partial charge in [0.15, 0.2) is 0 Å². The van der Waals surface area contributed by atoms with Gasteiger partial charge in [-0.1, -0.05) is 32.0 Å². The summed E-state index contributed by atoms with van der Waals surface area (Å²) in [4.78, 5) is 17.2. The molecule has 5 heteroatoms. The summed E-state index contributed by atoms with van der Waals surface area (Å²) in [5, 5.41) is 2.92. The van der Waals surface area contributed by atoms with Crippen molar-refractivity contribution in [3.63, 3.8) is 0 Å². The van der Waals surface area contributed by atoms with Crippen molar-refractivity contribution < 1.29 is 14.3 Å². The molecule has 30 heavy (non-hydrogen) atoms. The normalized spacial score (nSPS) is 11.9. The summed E-state index contributed by atoms with van der Waals surface area (Å²) >= 11 is 0. The molecule has 3 rings (SSSR count). The lowest BCUT2D eigenvalue weighted by molar-refractivity contribution is 0.102. The van der Waals surface area contributed by atoms with E-state index in [4.69, 9.17) is 9.47 Å². The number of aromatic nitrogens is 1. The minimum absolute atomic E-state index is 0.116. The van der Waals surface area contributed by atoms with Crippen LogP contribution in [-0.2, 0) is 4.74 Å². The second kappa shape index (κ2) is 9.55. The molecule has 1 unspecified atom stereocenters. The number of anilines is 1. The van der Waals surface area contributed by atoms with E-state index in [1.807, 2.05) is 62.4 Å². The van der Waals surface area contributed by atoms with Gasteiger partial charge < -0.3 is 14.8 Å². The van der Waals surface area contributed by atoms with Crippen LogP contribution in [0.4, 0.5) is 5.69 Å². The number of carbonyl (C=O) groups excluding carboxylic acids is 1. The lowest BCUT2D eigenvalue weighted by Crippen LogP contribution is -2.15. The number of ether oxygens (including phenoxy) is 2. The molecule has 0 bridgehead atoms. The van der Waals surface area contributed by atoms with Gasteiger partial charge in [0.05, 0.1) is 23.1 Å². The largest absolute Gasteiger partial charge is 0.457 e. The zero-order valence-electron chi connectivity index (χ0n) is 18.1. The number of hydrogen-bond donors (Lipinski definition) is 1. The first-order chi connectivity index (χ1) is 14.4. The molecule has 0 aliphatic rings. The lowest BCUT2D eigenvalue weighted by Gasteiger charge is -2.14. The molecule has 5 nitrogen and oxygen atoms in total. The van der Waals surface area contributed by atoms with Gasteiger partial charge in [-0.2, -0.15) is 0 Å². The van der Waals surface area contributed by atoms with Crippen LogP contribution in [0.1, 0.15) is 60.1 Å². The van der Waals surface area contributed by atoms with E-state index < -0.39 is 0 Å². The van der Waals surface area contributed by atoms with Crippen LogP contribution in [0.25, 0.3) is 0 Å². The van der Waals surface area contributed by atoms with Gasteiger partial charge >= 0.3 is 0 Å². The zero-order chi connectivity index (χ0) is 21.7. The van der Waals surface area contributed by atoms with E-state index in [2.05, 4.69) is 30.2 Å². The van der Waals surface area contributed by atoms with Crippen molar-refractivity contribution >= 4 is 11.6 Å². The second-order valence-corrected chi connectivity index (χ2v) is 7.52. The molecule has 156 valence electrons. The molecular weight excluding hydrogens is 376 g/mol. The Hall–Kier alpha value is -3.18. The van der Waals surface area contributed by atoms with Crippen molar-refractivity contribution in [2.75, 3.05) is 12.4 Å². The fourth-order valence-electron chi connectivity index (χ4n) is 3.15. The summed E-state index contributed by atoms with van der Waals surface area (Å²) in [5.74, 6) is 1.73. The molecule has 1 atom stereocenters. The summed E-state index contributed by atoms with van der Waals surface area (Å²) in [6.45, 7) is 8.02. The number of benzene rings is 2. The molecule has 0 aliphatic carbocycles. The highest BCUT2D eigenvalue weighted by atomic mass is 16.5. The van der Waals surface area contributed by atoms with Crippen LogP contribution < -0.4 is 10.1 Å². The summed E-state index contributed by atoms with van der Waals surface area (Å²) in [7, 11) is 1.64. The van der Waals surface area contributed by atoms with Gasteiger partial charge in [-0.25, -0.2) is 0 Å². The summed E-state index contributed by atoms with van der Waals surface area (Å²) < 4.78 is 11.3. The molecule has 1 N–H and O–H groups in total. The topological polar surface area (TPSA) is 60.5 Å². The maximum Gasteiger partial charge on any atom is 0.257 e. The Bertz CT molecular complexity index is 1010. The highest BCUT2D eigenvalue weighted by Crippen LogP contribution is 2.30. The van der Waals surface area contributed by atoms with Crippen LogP contribution in [0, 0.1) is 6.92 Å². The van der Waals surface area contributed by atoms with Gasteiger partial charge in [-0.15, -0.1) is 0 Å². The zero-order valence-corrected chi connectivity index (χ0v) is 18.1. The fourth-order valence-corrected chi connectivity index (χ4v) is 3.15. The van der Waals surface area contributed by atoms with Gasteiger partial charge in [-0.05, 0) is 67.8 Å². The van der Waals surface area contributed by atoms with Gasteiger partial charge in [0.25, 0.3) is 5.91 Å². The van der Waals surface area contributed by atoms with E-state index in [1.54, 1.807) is 13.2 Å². The molecule has 3 aromatic rings. The Morgan fingerprint density at radius 2 is 1.67 bits per heavy atom. The maximum atomic E-state index is 12.7. The first-order valence-electron chi connectivity index (χ1n) is 10.1. The third-order valence-corrected chi connectivity index (χ3v) is 5.00. The fraction of sp³-hybridized carbons (Fsp3) is 0.280. The first-order valence-corrected chi connectivity index (χ1v) is 10.1. The summed E-state index contributed by atoms with van der Waals surface area (Å²) in [5.41, 5.74) is 3.85. The Morgan fingerprint density at radius 1 is 0.967 bits per heavy atom. The van der Waals surface area contributed by atoms with Crippen molar-refractivity contribution in [2.45, 2.75) is 39.7 Å². The van der Waals surface area contributed by atoms with Gasteiger partial charge in [0.1, 0.15) is 11.5 Å². The van der Waals surface area contributed by atoms with Gasteiger partial charge in [0, 0.05) is 12.8 Å². The van der Waals surface area contributed by atoms with E-state index in [0.29, 0.717) is 22.9 Å². The number of aryl methyl sites for hydroxylation is 1. The molecule has 1 amide bonds. The third kappa shape index (κ3) is 5.05. The molecular formula is C25H28N2O3. The Morgan fingerprint density at radius 3 is 2.30 bits per heavy atom. The Kier molecular flexibility index (Phi) is 6.85. The SMILES string of the molecule is COC(C)c1ccc(C(=O)Nc2ccc(Oc3ccccc3C(C)C)cc2)c(C)n1. The van der Waals surface area contributed by atoms with E-state index in [9.17, 15) is 4.79 Å². The predicted octanol–water partition coefficient (Wildman–Crippen LogP) is 6.27. The third-order valence-electron chi connectivity index (χ3n) is 5.00. The number of pyridine rings is 1. The number of nitrogens with zero attached hydrogens (tertiary/aromatic N) is 1. The number of carbonyl (C=O) groups is 1. The highest BCUT2D eigenvalue weighted by Gasteiger charge is 2.14. The molecule has 0 fully saturated rings. The average molecular weight is 405 g/mol. The van der Waals surface area contributed by atoms with Crippen molar-refractivity contribution in [3.05, 3.63) is 83.2 Å². The van der Waals surface area contributed by atoms with E-state index in [1.165, 1.54) is 0 Å². The van der Waals surface area contributed by atoms with Crippen molar-refractivity contribution in [1.29, 1.82) is 0 Å². The molecule has 0 radical (unpaired) electrons. The monoisotopic (exact) mass is 404 g/mol. The molecule has 0 spiro atoms. The van der Waals surface area contributed by atoms with Gasteiger partial charge in [0.2, 0.25) is 0 Å². The number of rotatable bonds is 7. The molecule has 2 aromatic carbocycles. The van der Waals surface area contributed by atoms with Crippen molar-refractivity contribution in [3.8, 4) is 11.5 Å². The maximum absolute atomic E-state index is 12.7. The highest BCUT2D eigenvalue weighted by molar-refractivity contribution is 6.05. The molecule has 1 aromatic heterocycles. The van der Waals surface area contributed by atoms with E-state index in [-0.39, 0.29) is 12.0 Å². The number of methoxy groups -OCH3 is 1. The van der Waals surface area contributed by atoms with Crippen molar-refractivity contribution in [1.82, 2.24) is 4.98 Å². The smallest absolute Gasteiger partial charge is 0.257 e. The standard InChI is InChI=1S/C25H28N2O3/c1-16(2)21-8-6-7-9-24(21)30-20-12-10-19(11-13-20)27-25(28)22-14-15-23(18(4)29-5)26-17(22)3/h6-16,18H,1-5H3,(H,27,28). The number of hydrogen-bond acceptors (Lipinski definition) is 4. The predicted molar refractivity (Wildman–Crippen MR) is 119 cm³/mol. The summed E-state index contributed by atoms with van der Waals surface area (Å²) in [6, 6.07) is 19.0. The quantitative estimate of drug-likeness (QED) is 0.504. The lowest BCUT2D eigenvalue weighted by atomic mass is 10.0. The van der Waals surface area contributed by atoms with Crippen LogP contribution in [0.3, 0.4) is 0 Å². The molecule has 0 saturated heterocycles.